The number of hydrogen-bond donors (Lipinski definition) is 2. The molecule has 3 heterocycles. The number of ether oxygens (including phenoxy) is 1. The minimum atomic E-state index is -5.08. The second-order valence-electron chi connectivity index (χ2n) is 7.98. The van der Waals surface area contributed by atoms with Gasteiger partial charge in [-0.1, -0.05) is 18.2 Å². The first-order valence-corrected chi connectivity index (χ1v) is 11.7. The van der Waals surface area contributed by atoms with Crippen LogP contribution in [0, 0.1) is 5.92 Å². The van der Waals surface area contributed by atoms with Gasteiger partial charge in [0.15, 0.2) is 0 Å². The van der Waals surface area contributed by atoms with Crippen LogP contribution in [0.15, 0.2) is 58.2 Å². The summed E-state index contributed by atoms with van der Waals surface area (Å²) in [5.41, 5.74) is 1.06. The van der Waals surface area contributed by atoms with E-state index in [0.29, 0.717) is 17.4 Å². The van der Waals surface area contributed by atoms with Gasteiger partial charge in [-0.25, -0.2) is 17.9 Å². The van der Waals surface area contributed by atoms with Crippen LogP contribution in [-0.2, 0) is 26.1 Å². The average Bonchev–Trinajstić information content (AvgIpc) is 3.38. The molecule has 1 unspecified atom stereocenters. The molecule has 0 aliphatic carbocycles. The van der Waals surface area contributed by atoms with Crippen molar-refractivity contribution in [2.45, 2.75) is 36.1 Å². The Morgan fingerprint density at radius 3 is 2.45 bits per heavy atom. The molecule has 2 saturated heterocycles. The number of sulfonamides is 1. The number of nitrogens with one attached hydrogen (secondary N) is 1. The van der Waals surface area contributed by atoms with Gasteiger partial charge in [-0.2, -0.15) is 13.2 Å². The molecule has 0 amide bonds. The van der Waals surface area contributed by atoms with Crippen molar-refractivity contribution in [3.63, 3.8) is 0 Å². The van der Waals surface area contributed by atoms with E-state index in [2.05, 4.69) is 9.62 Å². The highest BCUT2D eigenvalue weighted by atomic mass is 32.2. The van der Waals surface area contributed by atoms with E-state index in [0.717, 1.165) is 39.1 Å². The zero-order chi connectivity index (χ0) is 24.1. The summed E-state index contributed by atoms with van der Waals surface area (Å²) in [6.07, 6.45) is 0.174. The van der Waals surface area contributed by atoms with Crippen molar-refractivity contribution in [1.29, 1.82) is 0 Å². The third-order valence-corrected chi connectivity index (χ3v) is 7.13. The smallest absolute Gasteiger partial charge is 0.475 e. The summed E-state index contributed by atoms with van der Waals surface area (Å²) in [6, 6.07) is 10.5. The number of halogens is 3. The topological polar surface area (TPSA) is 109 Å². The Hall–Kier alpha value is -2.41. The van der Waals surface area contributed by atoms with Gasteiger partial charge in [-0.3, -0.25) is 4.90 Å². The van der Waals surface area contributed by atoms with Gasteiger partial charge in [0.25, 0.3) is 0 Å². The first-order chi connectivity index (χ1) is 15.5. The van der Waals surface area contributed by atoms with Crippen LogP contribution in [0.25, 0.3) is 0 Å². The highest BCUT2D eigenvalue weighted by Gasteiger charge is 2.52. The van der Waals surface area contributed by atoms with Crippen molar-refractivity contribution in [3.8, 4) is 0 Å². The maximum Gasteiger partial charge on any atom is 0.490 e. The molecule has 2 aromatic rings. The normalized spacial score (nSPS) is 20.2. The summed E-state index contributed by atoms with van der Waals surface area (Å²) in [5, 5.41) is 7.12. The van der Waals surface area contributed by atoms with Gasteiger partial charge in [0, 0.05) is 38.3 Å². The van der Waals surface area contributed by atoms with Crippen molar-refractivity contribution in [2.24, 2.45) is 5.92 Å². The molecule has 0 saturated carbocycles. The molecule has 1 aromatic heterocycles. The first kappa shape index (κ1) is 25.2. The molecule has 1 atom stereocenters. The minimum absolute atomic E-state index is 0.109. The summed E-state index contributed by atoms with van der Waals surface area (Å²) in [6.45, 7) is 3.86. The fourth-order valence-corrected chi connectivity index (χ4v) is 5.12. The highest BCUT2D eigenvalue weighted by Crippen LogP contribution is 2.42. The summed E-state index contributed by atoms with van der Waals surface area (Å²) >= 11 is 0. The largest absolute Gasteiger partial charge is 0.490 e. The number of nitrogens with zero attached hydrogens (tertiary/aromatic N) is 1. The fourth-order valence-electron chi connectivity index (χ4n) is 4.06. The SMILES string of the molecule is O=C(O)C(F)(F)F.O=S(=O)(NCCC1CCOC12CN(Cc1ccoc1)C2)c1ccccc1. The van der Waals surface area contributed by atoms with E-state index >= 15 is 0 Å². The highest BCUT2D eigenvalue weighted by molar-refractivity contribution is 7.89. The van der Waals surface area contributed by atoms with Crippen molar-refractivity contribution in [1.82, 2.24) is 9.62 Å². The van der Waals surface area contributed by atoms with Crippen LogP contribution in [0.4, 0.5) is 13.2 Å². The number of hydrogen-bond acceptors (Lipinski definition) is 6. The summed E-state index contributed by atoms with van der Waals surface area (Å²) in [5.74, 6) is -2.37. The Morgan fingerprint density at radius 1 is 1.21 bits per heavy atom. The second-order valence-corrected chi connectivity index (χ2v) is 9.74. The van der Waals surface area contributed by atoms with Gasteiger partial charge in [-0.15, -0.1) is 0 Å². The molecular weight excluding hydrogens is 465 g/mol. The monoisotopic (exact) mass is 490 g/mol. The maximum absolute atomic E-state index is 12.3. The molecule has 4 rings (SSSR count). The first-order valence-electron chi connectivity index (χ1n) is 10.2. The Morgan fingerprint density at radius 2 is 1.88 bits per heavy atom. The number of furan rings is 1. The van der Waals surface area contributed by atoms with Gasteiger partial charge in [0.2, 0.25) is 10.0 Å². The van der Waals surface area contributed by atoms with Crippen LogP contribution in [0.3, 0.4) is 0 Å². The van der Waals surface area contributed by atoms with Crippen molar-refractivity contribution < 1.29 is 40.6 Å². The molecule has 182 valence electrons. The number of carbonyl (C=O) groups is 1. The average molecular weight is 491 g/mol. The molecule has 1 spiro atoms. The van der Waals surface area contributed by atoms with E-state index < -0.39 is 22.2 Å². The van der Waals surface area contributed by atoms with E-state index in [9.17, 15) is 21.6 Å². The predicted octanol–water partition coefficient (Wildman–Crippen LogP) is 2.87. The molecule has 33 heavy (non-hydrogen) atoms. The number of aliphatic carboxylic acids is 1. The van der Waals surface area contributed by atoms with Crippen molar-refractivity contribution >= 4 is 16.0 Å². The van der Waals surface area contributed by atoms with Crippen molar-refractivity contribution in [2.75, 3.05) is 26.2 Å². The number of benzene rings is 1. The van der Waals surface area contributed by atoms with E-state index in [1.54, 1.807) is 36.8 Å². The molecule has 2 aliphatic rings. The summed E-state index contributed by atoms with van der Waals surface area (Å²) < 4.78 is 70.3. The summed E-state index contributed by atoms with van der Waals surface area (Å²) in [4.78, 5) is 11.6. The molecule has 2 fully saturated rings. The van der Waals surface area contributed by atoms with Crippen molar-refractivity contribution in [3.05, 3.63) is 54.5 Å². The van der Waals surface area contributed by atoms with E-state index in [1.807, 2.05) is 12.1 Å². The molecule has 12 heteroatoms. The van der Waals surface area contributed by atoms with E-state index in [4.69, 9.17) is 19.1 Å². The molecule has 0 bridgehead atoms. The van der Waals surface area contributed by atoms with Gasteiger partial charge in [0.05, 0.1) is 23.0 Å². The Kier molecular flexibility index (Phi) is 7.83. The molecule has 1 aromatic carbocycles. The third-order valence-electron chi connectivity index (χ3n) is 5.65. The number of carboxylic acids is 1. The molecule has 0 radical (unpaired) electrons. The lowest BCUT2D eigenvalue weighted by Crippen LogP contribution is -2.64. The van der Waals surface area contributed by atoms with Crippen LogP contribution >= 0.6 is 0 Å². The van der Waals surface area contributed by atoms with Gasteiger partial charge in [0.1, 0.15) is 0 Å². The number of alkyl halides is 3. The third kappa shape index (κ3) is 6.56. The van der Waals surface area contributed by atoms with Gasteiger partial charge in [-0.05, 0) is 37.0 Å². The Balaban J connectivity index is 0.000000383. The standard InChI is InChI=1S/C19H24N2O4S.C2HF3O2/c22-26(23,18-4-2-1-3-5-18)20-9-6-17-8-11-25-19(17)14-21(15-19)12-16-7-10-24-13-16;3-2(4,5)1(6)7/h1-5,7,10,13,17,20H,6,8-9,11-12,14-15H2;(H,6,7). The zero-order valence-electron chi connectivity index (χ0n) is 17.6. The lowest BCUT2D eigenvalue weighted by Gasteiger charge is -2.50. The van der Waals surface area contributed by atoms with Crippen LogP contribution in [0.5, 0.6) is 0 Å². The van der Waals surface area contributed by atoms with Gasteiger partial charge >= 0.3 is 12.1 Å². The lowest BCUT2D eigenvalue weighted by molar-refractivity contribution is -0.192. The number of likely N-dealkylation sites (tertiary alicyclic amines) is 1. The predicted molar refractivity (Wildman–Crippen MR) is 111 cm³/mol. The van der Waals surface area contributed by atoms with Crippen LogP contribution in [0.1, 0.15) is 18.4 Å². The Bertz CT molecular complexity index is 1010. The molecule has 2 aliphatic heterocycles. The van der Waals surface area contributed by atoms with Crippen LogP contribution < -0.4 is 4.72 Å². The molecule has 2 N–H and O–H groups in total. The van der Waals surface area contributed by atoms with Gasteiger partial charge < -0.3 is 14.3 Å². The quantitative estimate of drug-likeness (QED) is 0.614. The van der Waals surface area contributed by atoms with Crippen LogP contribution in [-0.4, -0.2) is 62.4 Å². The van der Waals surface area contributed by atoms with E-state index in [-0.39, 0.29) is 5.60 Å². The number of carboxylic acid groups (broad SMARTS) is 1. The van der Waals surface area contributed by atoms with Crippen LogP contribution in [0.2, 0.25) is 0 Å². The summed E-state index contributed by atoms with van der Waals surface area (Å²) in [7, 11) is -3.43. The fraction of sp³-hybridized carbons (Fsp3) is 0.476. The molecular formula is C21H25F3N2O6S. The maximum atomic E-state index is 12.3. The molecule has 8 nitrogen and oxygen atoms in total. The minimum Gasteiger partial charge on any atom is -0.475 e. The second kappa shape index (κ2) is 10.2. The lowest BCUT2D eigenvalue weighted by atomic mass is 9.79. The van der Waals surface area contributed by atoms with E-state index in [1.165, 1.54) is 5.56 Å². The zero-order valence-corrected chi connectivity index (χ0v) is 18.4. The Labute approximate surface area is 189 Å². The number of rotatable bonds is 7.